The molecule has 2 aromatic rings. The number of hydrogen-bond acceptors (Lipinski definition) is 3. The molecule has 1 fully saturated rings. The zero-order valence-electron chi connectivity index (χ0n) is 13.4. The highest BCUT2D eigenvalue weighted by Gasteiger charge is 2.45. The van der Waals surface area contributed by atoms with E-state index in [9.17, 15) is 19.1 Å². The molecule has 0 spiro atoms. The van der Waals surface area contributed by atoms with Crippen molar-refractivity contribution in [1.82, 2.24) is 4.90 Å². The van der Waals surface area contributed by atoms with E-state index >= 15 is 0 Å². The zero-order chi connectivity index (χ0) is 18.0. The van der Waals surface area contributed by atoms with Crippen molar-refractivity contribution in [3.63, 3.8) is 0 Å². The summed E-state index contributed by atoms with van der Waals surface area (Å²) in [5.74, 6) is -2.16. The monoisotopic (exact) mass is 337 g/mol. The van der Waals surface area contributed by atoms with Gasteiger partial charge >= 0.3 is 0 Å². The van der Waals surface area contributed by atoms with E-state index in [1.54, 1.807) is 30.3 Å². The van der Waals surface area contributed by atoms with Crippen molar-refractivity contribution in [1.29, 1.82) is 0 Å². The Morgan fingerprint density at radius 2 is 1.76 bits per heavy atom. The largest absolute Gasteiger partial charge is 0.507 e. The van der Waals surface area contributed by atoms with Gasteiger partial charge in [0.05, 0.1) is 11.6 Å². The highest BCUT2D eigenvalue weighted by Crippen LogP contribution is 2.39. The summed E-state index contributed by atoms with van der Waals surface area (Å²) in [6.45, 7) is 3.75. The molecule has 126 valence electrons. The lowest BCUT2D eigenvalue weighted by Gasteiger charge is -2.24. The SMILES string of the molecule is C=CCN1C(=O)C(=O)C(=C(O)c2ccccc2)[C@H]1c1ccc(F)cc1. The third-order valence-corrected chi connectivity index (χ3v) is 4.10. The molecule has 1 N–H and O–H groups in total. The van der Waals surface area contributed by atoms with Crippen LogP contribution in [0.15, 0.2) is 72.8 Å². The van der Waals surface area contributed by atoms with Crippen LogP contribution in [0.1, 0.15) is 17.2 Å². The van der Waals surface area contributed by atoms with Crippen LogP contribution in [-0.4, -0.2) is 28.2 Å². The van der Waals surface area contributed by atoms with Gasteiger partial charge in [-0.25, -0.2) is 4.39 Å². The number of aliphatic hydroxyl groups is 1. The van der Waals surface area contributed by atoms with Crippen LogP contribution in [0.5, 0.6) is 0 Å². The Bertz CT molecular complexity index is 856. The maximum absolute atomic E-state index is 13.3. The predicted octanol–water partition coefficient (Wildman–Crippen LogP) is 3.43. The van der Waals surface area contributed by atoms with Crippen molar-refractivity contribution in [2.24, 2.45) is 0 Å². The van der Waals surface area contributed by atoms with Gasteiger partial charge in [0.1, 0.15) is 11.6 Å². The van der Waals surface area contributed by atoms with Crippen LogP contribution in [0.2, 0.25) is 0 Å². The molecular formula is C20H16FNO3. The predicted molar refractivity (Wildman–Crippen MR) is 92.0 cm³/mol. The molecule has 0 bridgehead atoms. The summed E-state index contributed by atoms with van der Waals surface area (Å²) in [6, 6.07) is 13.3. The van der Waals surface area contributed by atoms with Gasteiger partial charge in [-0.05, 0) is 17.7 Å². The highest BCUT2D eigenvalue weighted by atomic mass is 19.1. The first kappa shape index (κ1) is 16.6. The number of benzene rings is 2. The molecule has 0 aromatic heterocycles. The maximum Gasteiger partial charge on any atom is 0.295 e. The second-order valence-electron chi connectivity index (χ2n) is 5.66. The van der Waals surface area contributed by atoms with Gasteiger partial charge in [-0.3, -0.25) is 9.59 Å². The summed E-state index contributed by atoms with van der Waals surface area (Å²) in [5.41, 5.74) is 0.968. The molecular weight excluding hydrogens is 321 g/mol. The van der Waals surface area contributed by atoms with Crippen LogP contribution in [0, 0.1) is 5.82 Å². The van der Waals surface area contributed by atoms with Crippen molar-refractivity contribution in [3.05, 3.63) is 89.8 Å². The van der Waals surface area contributed by atoms with Gasteiger partial charge in [0.2, 0.25) is 0 Å². The van der Waals surface area contributed by atoms with E-state index in [4.69, 9.17) is 0 Å². The minimum absolute atomic E-state index is 0.00958. The third kappa shape index (κ3) is 2.96. The highest BCUT2D eigenvalue weighted by molar-refractivity contribution is 6.46. The Labute approximate surface area is 144 Å². The van der Waals surface area contributed by atoms with Crippen molar-refractivity contribution >= 4 is 17.4 Å². The Morgan fingerprint density at radius 1 is 1.12 bits per heavy atom. The van der Waals surface area contributed by atoms with Gasteiger partial charge in [-0.1, -0.05) is 48.5 Å². The molecule has 1 amide bonds. The number of halogens is 1. The number of carbonyl (C=O) groups is 2. The van der Waals surface area contributed by atoms with Gasteiger partial charge in [-0.15, -0.1) is 6.58 Å². The maximum atomic E-state index is 13.3. The molecule has 5 heteroatoms. The van der Waals surface area contributed by atoms with Gasteiger partial charge in [0.25, 0.3) is 11.7 Å². The lowest BCUT2D eigenvalue weighted by molar-refractivity contribution is -0.139. The second-order valence-corrected chi connectivity index (χ2v) is 5.66. The van der Waals surface area contributed by atoms with Crippen LogP contribution in [0.25, 0.3) is 5.76 Å². The lowest BCUT2D eigenvalue weighted by atomic mass is 9.95. The first-order chi connectivity index (χ1) is 12.0. The minimum atomic E-state index is -0.793. The lowest BCUT2D eigenvalue weighted by Crippen LogP contribution is -2.29. The fourth-order valence-electron chi connectivity index (χ4n) is 2.95. The molecule has 1 aliphatic heterocycles. The van der Waals surface area contributed by atoms with Gasteiger partial charge in [-0.2, -0.15) is 0 Å². The Morgan fingerprint density at radius 3 is 2.36 bits per heavy atom. The number of rotatable bonds is 4. The standard InChI is InChI=1S/C20H16FNO3/c1-2-12-22-17(13-8-10-15(21)11-9-13)16(19(24)20(22)25)18(23)14-6-4-3-5-7-14/h2-11,17,23H,1,12H2/t17-/m1/s1. The van der Waals surface area contributed by atoms with E-state index in [0.29, 0.717) is 11.1 Å². The molecule has 2 aromatic carbocycles. The van der Waals surface area contributed by atoms with E-state index in [2.05, 4.69) is 6.58 Å². The van der Waals surface area contributed by atoms with Crippen LogP contribution in [0.3, 0.4) is 0 Å². The van der Waals surface area contributed by atoms with E-state index in [-0.39, 0.29) is 17.9 Å². The normalized spacial score (nSPS) is 19.2. The molecule has 1 aliphatic rings. The number of carbonyl (C=O) groups excluding carboxylic acids is 2. The molecule has 1 atom stereocenters. The molecule has 0 aliphatic carbocycles. The molecule has 0 radical (unpaired) electrons. The topological polar surface area (TPSA) is 57.6 Å². The van der Waals surface area contributed by atoms with E-state index in [1.807, 2.05) is 0 Å². The summed E-state index contributed by atoms with van der Waals surface area (Å²) in [4.78, 5) is 26.3. The summed E-state index contributed by atoms with van der Waals surface area (Å²) in [5, 5.41) is 10.7. The van der Waals surface area contributed by atoms with Crippen LogP contribution in [-0.2, 0) is 9.59 Å². The Hall–Kier alpha value is -3.21. The first-order valence-corrected chi connectivity index (χ1v) is 7.74. The van der Waals surface area contributed by atoms with Crippen molar-refractivity contribution < 1.29 is 19.1 Å². The molecule has 25 heavy (non-hydrogen) atoms. The van der Waals surface area contributed by atoms with E-state index in [1.165, 1.54) is 35.2 Å². The number of Topliss-reactive ketones (excluding diaryl/α,β-unsaturated/α-hetero) is 1. The number of ketones is 1. The van der Waals surface area contributed by atoms with Crippen molar-refractivity contribution in [2.75, 3.05) is 6.54 Å². The average Bonchev–Trinajstić information content (AvgIpc) is 2.88. The quantitative estimate of drug-likeness (QED) is 0.402. The average molecular weight is 337 g/mol. The van der Waals surface area contributed by atoms with Crippen molar-refractivity contribution in [3.8, 4) is 0 Å². The van der Waals surface area contributed by atoms with Gasteiger partial charge < -0.3 is 10.0 Å². The summed E-state index contributed by atoms with van der Waals surface area (Å²) < 4.78 is 13.3. The zero-order valence-corrected chi connectivity index (χ0v) is 13.4. The molecule has 0 unspecified atom stereocenters. The number of hydrogen-bond donors (Lipinski definition) is 1. The number of amides is 1. The number of likely N-dealkylation sites (tertiary alicyclic amines) is 1. The van der Waals surface area contributed by atoms with Crippen LogP contribution < -0.4 is 0 Å². The molecule has 1 saturated heterocycles. The smallest absolute Gasteiger partial charge is 0.295 e. The molecule has 0 saturated carbocycles. The van der Waals surface area contributed by atoms with E-state index in [0.717, 1.165) is 0 Å². The molecule has 3 rings (SSSR count). The molecule has 1 heterocycles. The second kappa shape index (κ2) is 6.73. The van der Waals surface area contributed by atoms with Crippen LogP contribution in [0.4, 0.5) is 4.39 Å². The van der Waals surface area contributed by atoms with Crippen LogP contribution >= 0.6 is 0 Å². The van der Waals surface area contributed by atoms with Gasteiger partial charge in [0.15, 0.2) is 0 Å². The first-order valence-electron chi connectivity index (χ1n) is 7.74. The Balaban J connectivity index is 2.19. The summed E-state index contributed by atoms with van der Waals surface area (Å²) >= 11 is 0. The number of aliphatic hydroxyl groups excluding tert-OH is 1. The fraction of sp³-hybridized carbons (Fsp3) is 0.100. The molecule has 4 nitrogen and oxygen atoms in total. The number of nitrogens with zero attached hydrogens (tertiary/aromatic N) is 1. The summed E-state index contributed by atoms with van der Waals surface area (Å²) in [6.07, 6.45) is 1.50. The Kier molecular flexibility index (Phi) is 4.48. The van der Waals surface area contributed by atoms with Crippen molar-refractivity contribution in [2.45, 2.75) is 6.04 Å². The van der Waals surface area contributed by atoms with E-state index < -0.39 is 23.5 Å². The minimum Gasteiger partial charge on any atom is -0.507 e. The van der Waals surface area contributed by atoms with Gasteiger partial charge in [0, 0.05) is 12.1 Å². The summed E-state index contributed by atoms with van der Waals surface area (Å²) in [7, 11) is 0. The third-order valence-electron chi connectivity index (χ3n) is 4.10. The fourth-order valence-corrected chi connectivity index (χ4v) is 2.95.